The van der Waals surface area contributed by atoms with Gasteiger partial charge in [-0.25, -0.2) is 8.78 Å². The summed E-state index contributed by atoms with van der Waals surface area (Å²) in [4.78, 5) is 11.0. The topological polar surface area (TPSA) is 72.1 Å². The molecular weight excluding hydrogens is 268 g/mol. The Morgan fingerprint density at radius 1 is 1.35 bits per heavy atom. The zero-order valence-electron chi connectivity index (χ0n) is 10.7. The molecule has 1 aliphatic rings. The van der Waals surface area contributed by atoms with Crippen molar-refractivity contribution in [2.24, 2.45) is 5.92 Å². The second-order valence-electron chi connectivity index (χ2n) is 4.82. The lowest BCUT2D eigenvalue weighted by Gasteiger charge is -2.31. The molecule has 6 heteroatoms. The third-order valence-electron chi connectivity index (χ3n) is 3.37. The molecule has 1 aliphatic carbocycles. The predicted molar refractivity (Wildman–Crippen MR) is 67.5 cm³/mol. The Balaban J connectivity index is 2.06. The number of hydrogen-bond acceptors (Lipinski definition) is 2. The monoisotopic (exact) mass is 284 g/mol. The minimum absolute atomic E-state index is 0.0264. The molecule has 1 aromatic rings. The minimum atomic E-state index is -1.99. The van der Waals surface area contributed by atoms with Gasteiger partial charge in [0.15, 0.2) is 17.8 Å². The van der Waals surface area contributed by atoms with Crippen LogP contribution in [-0.4, -0.2) is 35.2 Å². The lowest BCUT2D eigenvalue weighted by Crippen LogP contribution is -2.59. The van der Waals surface area contributed by atoms with Crippen molar-refractivity contribution < 1.29 is 28.8 Å². The molecule has 0 heterocycles. The van der Waals surface area contributed by atoms with Gasteiger partial charge in [0.2, 0.25) is 0 Å². The van der Waals surface area contributed by atoms with E-state index in [0.717, 1.165) is 5.56 Å². The van der Waals surface area contributed by atoms with E-state index in [2.05, 4.69) is 0 Å². The molecule has 0 radical (unpaired) electrons. The molecule has 0 spiro atoms. The van der Waals surface area contributed by atoms with Crippen LogP contribution >= 0.6 is 0 Å². The lowest BCUT2D eigenvalue weighted by molar-refractivity contribution is -0.162. The number of carboxylic acid groups (broad SMARTS) is 1. The Hall–Kier alpha value is -1.82. The van der Waals surface area contributed by atoms with E-state index < -0.39 is 30.3 Å². The maximum Gasteiger partial charge on any atom is 0.319 e. The number of aliphatic carboxylic acids is 1. The van der Waals surface area contributed by atoms with Gasteiger partial charge in [-0.2, -0.15) is 0 Å². The van der Waals surface area contributed by atoms with Crippen molar-refractivity contribution in [3.63, 3.8) is 0 Å². The number of ether oxygens (including phenoxy) is 1. The first kappa shape index (κ1) is 14.6. The van der Waals surface area contributed by atoms with Gasteiger partial charge in [0.25, 0.3) is 0 Å². The molecule has 0 saturated heterocycles. The number of rotatable bonds is 4. The Morgan fingerprint density at radius 2 is 2.00 bits per heavy atom. The van der Waals surface area contributed by atoms with Crippen LogP contribution in [0.5, 0.6) is 0 Å². The van der Waals surface area contributed by atoms with Crippen LogP contribution in [0.25, 0.3) is 0 Å². The van der Waals surface area contributed by atoms with Gasteiger partial charge in [-0.3, -0.25) is 10.2 Å². The van der Waals surface area contributed by atoms with E-state index in [0.29, 0.717) is 0 Å². The SMILES string of the molecule is [NH2+]=C1CC(F)C(OCc2ccccc2)C(F)C1C(=O)O. The van der Waals surface area contributed by atoms with E-state index in [4.69, 9.17) is 15.3 Å². The summed E-state index contributed by atoms with van der Waals surface area (Å²) in [5.74, 6) is -2.90. The minimum Gasteiger partial charge on any atom is -0.481 e. The van der Waals surface area contributed by atoms with E-state index in [9.17, 15) is 13.6 Å². The van der Waals surface area contributed by atoms with Crippen LogP contribution in [0, 0.1) is 5.92 Å². The first-order valence-corrected chi connectivity index (χ1v) is 6.28. The molecule has 20 heavy (non-hydrogen) atoms. The summed E-state index contributed by atoms with van der Waals surface area (Å²) in [5.41, 5.74) is 0.582. The van der Waals surface area contributed by atoms with E-state index in [1.807, 2.05) is 6.07 Å². The highest BCUT2D eigenvalue weighted by atomic mass is 19.1. The van der Waals surface area contributed by atoms with Gasteiger partial charge in [0.05, 0.1) is 13.0 Å². The Kier molecular flexibility index (Phi) is 4.44. The first-order chi connectivity index (χ1) is 9.50. The fourth-order valence-corrected chi connectivity index (χ4v) is 2.32. The molecule has 0 aromatic heterocycles. The molecule has 2 rings (SSSR count). The van der Waals surface area contributed by atoms with Gasteiger partial charge < -0.3 is 9.84 Å². The van der Waals surface area contributed by atoms with Gasteiger partial charge in [0, 0.05) is 0 Å². The molecule has 4 unspecified atom stereocenters. The van der Waals surface area contributed by atoms with Crippen molar-refractivity contribution >= 4 is 11.7 Å². The van der Waals surface area contributed by atoms with Gasteiger partial charge in [-0.05, 0) is 5.56 Å². The van der Waals surface area contributed by atoms with Crippen molar-refractivity contribution in [2.75, 3.05) is 0 Å². The average molecular weight is 284 g/mol. The Morgan fingerprint density at radius 3 is 2.60 bits per heavy atom. The molecule has 108 valence electrons. The quantitative estimate of drug-likeness (QED) is 0.848. The van der Waals surface area contributed by atoms with E-state index in [1.54, 1.807) is 24.3 Å². The van der Waals surface area contributed by atoms with Crippen molar-refractivity contribution in [2.45, 2.75) is 31.5 Å². The summed E-state index contributed by atoms with van der Waals surface area (Å²) in [6.45, 7) is 0.0264. The third kappa shape index (κ3) is 3.01. The molecule has 1 fully saturated rings. The molecule has 1 aromatic carbocycles. The summed E-state index contributed by atoms with van der Waals surface area (Å²) in [6.07, 6.45) is -5.33. The normalized spacial score (nSPS) is 30.2. The number of carbonyl (C=O) groups is 1. The number of nitrogens with two attached hydrogens (primary N) is 1. The number of carboxylic acids is 1. The Bertz CT molecular complexity index is 494. The fraction of sp³-hybridized carbons (Fsp3) is 0.429. The van der Waals surface area contributed by atoms with Gasteiger partial charge in [-0.15, -0.1) is 0 Å². The number of halogens is 2. The standard InChI is InChI=1S/C14H15F2NO3/c15-9-6-10(17)11(14(18)19)12(16)13(9)20-7-8-4-2-1-3-5-8/h1-5,9,11-13,17H,6-7H2,(H,18,19)/p+1. The van der Waals surface area contributed by atoms with Gasteiger partial charge in [0.1, 0.15) is 12.3 Å². The van der Waals surface area contributed by atoms with Crippen LogP contribution in [0.1, 0.15) is 12.0 Å². The molecular formula is C14H16F2NO3+. The zero-order chi connectivity index (χ0) is 14.7. The summed E-state index contributed by atoms with van der Waals surface area (Å²) in [7, 11) is 0. The van der Waals surface area contributed by atoms with Crippen molar-refractivity contribution in [3.05, 3.63) is 35.9 Å². The highest BCUT2D eigenvalue weighted by Gasteiger charge is 2.50. The second kappa shape index (κ2) is 6.09. The van der Waals surface area contributed by atoms with Gasteiger partial charge in [-0.1, -0.05) is 30.3 Å². The van der Waals surface area contributed by atoms with E-state index in [1.165, 1.54) is 0 Å². The van der Waals surface area contributed by atoms with Crippen LogP contribution in [0.2, 0.25) is 0 Å². The predicted octanol–water partition coefficient (Wildman–Crippen LogP) is 0.553. The van der Waals surface area contributed by atoms with Crippen molar-refractivity contribution in [1.29, 1.82) is 0 Å². The highest BCUT2D eigenvalue weighted by Crippen LogP contribution is 2.29. The molecule has 4 nitrogen and oxygen atoms in total. The van der Waals surface area contributed by atoms with Crippen LogP contribution in [-0.2, 0) is 16.1 Å². The van der Waals surface area contributed by atoms with Crippen molar-refractivity contribution in [1.82, 2.24) is 0 Å². The molecule has 0 aliphatic heterocycles. The molecule has 0 bridgehead atoms. The van der Waals surface area contributed by atoms with E-state index >= 15 is 0 Å². The third-order valence-corrected chi connectivity index (χ3v) is 3.37. The van der Waals surface area contributed by atoms with Gasteiger partial charge >= 0.3 is 5.97 Å². The fourth-order valence-electron chi connectivity index (χ4n) is 2.32. The second-order valence-corrected chi connectivity index (χ2v) is 4.82. The molecule has 4 atom stereocenters. The summed E-state index contributed by atoms with van der Waals surface area (Å²) < 4.78 is 33.2. The number of hydrogen-bond donors (Lipinski definition) is 2. The van der Waals surface area contributed by atoms with Crippen molar-refractivity contribution in [3.8, 4) is 0 Å². The lowest BCUT2D eigenvalue weighted by atomic mass is 9.82. The van der Waals surface area contributed by atoms with Crippen LogP contribution in [0.4, 0.5) is 8.78 Å². The Labute approximate surface area is 114 Å². The summed E-state index contributed by atoms with van der Waals surface area (Å²) in [6, 6.07) is 8.91. The van der Waals surface area contributed by atoms with E-state index in [-0.39, 0.29) is 18.7 Å². The maximum absolute atomic E-state index is 14.1. The zero-order valence-corrected chi connectivity index (χ0v) is 10.7. The smallest absolute Gasteiger partial charge is 0.319 e. The average Bonchev–Trinajstić information content (AvgIpc) is 2.38. The number of benzene rings is 1. The molecule has 3 N–H and O–H groups in total. The van der Waals surface area contributed by atoms with Crippen LogP contribution in [0.15, 0.2) is 30.3 Å². The first-order valence-electron chi connectivity index (χ1n) is 6.28. The summed E-state index contributed by atoms with van der Waals surface area (Å²) >= 11 is 0. The largest absolute Gasteiger partial charge is 0.481 e. The number of alkyl halides is 2. The maximum atomic E-state index is 14.1. The molecule has 0 amide bonds. The van der Waals surface area contributed by atoms with Crippen LogP contribution < -0.4 is 5.41 Å². The summed E-state index contributed by atoms with van der Waals surface area (Å²) in [5, 5.41) is 14.4. The van der Waals surface area contributed by atoms with Crippen LogP contribution in [0.3, 0.4) is 0 Å². The highest BCUT2D eigenvalue weighted by molar-refractivity contribution is 6.00. The molecule has 1 saturated carbocycles.